The third-order valence-corrected chi connectivity index (χ3v) is 3.17. The number of carbonyl (C=O) groups excluding carboxylic acids is 1. The van der Waals surface area contributed by atoms with E-state index in [2.05, 4.69) is 15.9 Å². The average Bonchev–Trinajstić information content (AvgIpc) is 2.42. The van der Waals surface area contributed by atoms with Crippen molar-refractivity contribution in [3.05, 3.63) is 23.8 Å². The predicted molar refractivity (Wildman–Crippen MR) is 76.1 cm³/mol. The normalized spacial score (nSPS) is 10.1. The van der Waals surface area contributed by atoms with Crippen LogP contribution in [0.2, 0.25) is 0 Å². The van der Waals surface area contributed by atoms with Crippen molar-refractivity contribution in [3.63, 3.8) is 0 Å². The minimum atomic E-state index is 0.594. The summed E-state index contributed by atoms with van der Waals surface area (Å²) in [5.74, 6) is 1.31. The van der Waals surface area contributed by atoms with Gasteiger partial charge in [0.15, 0.2) is 11.5 Å². The number of hydrogen-bond donors (Lipinski definition) is 0. The summed E-state index contributed by atoms with van der Waals surface area (Å²) in [5.41, 5.74) is 0.594. The molecule has 0 aromatic heterocycles. The fourth-order valence-electron chi connectivity index (χ4n) is 1.61. The molecule has 1 rings (SSSR count). The van der Waals surface area contributed by atoms with Gasteiger partial charge >= 0.3 is 0 Å². The third-order valence-electron chi connectivity index (χ3n) is 2.61. The van der Waals surface area contributed by atoms with Crippen LogP contribution in [0, 0.1) is 0 Å². The van der Waals surface area contributed by atoms with Gasteiger partial charge in [-0.15, -0.1) is 0 Å². The first-order valence-electron chi connectivity index (χ1n) is 6.13. The van der Waals surface area contributed by atoms with Crippen molar-refractivity contribution >= 4 is 22.2 Å². The van der Waals surface area contributed by atoms with Crippen LogP contribution in [0.4, 0.5) is 0 Å². The fraction of sp³-hybridized carbons (Fsp3) is 0.500. The van der Waals surface area contributed by atoms with E-state index in [-0.39, 0.29) is 0 Å². The number of methoxy groups -OCH3 is 1. The summed E-state index contributed by atoms with van der Waals surface area (Å²) in [6, 6.07) is 5.20. The second-order valence-electron chi connectivity index (χ2n) is 3.98. The first-order chi connectivity index (χ1) is 8.81. The summed E-state index contributed by atoms with van der Waals surface area (Å²) in [7, 11) is 1.58. The number of alkyl halides is 1. The van der Waals surface area contributed by atoms with E-state index >= 15 is 0 Å². The molecule has 0 saturated carbocycles. The molecule has 0 fully saturated rings. The van der Waals surface area contributed by atoms with E-state index in [1.165, 1.54) is 19.3 Å². The minimum Gasteiger partial charge on any atom is -0.493 e. The average molecular weight is 315 g/mol. The zero-order valence-corrected chi connectivity index (χ0v) is 12.2. The Hall–Kier alpha value is -1.03. The molecule has 3 nitrogen and oxygen atoms in total. The predicted octanol–water partition coefficient (Wildman–Crippen LogP) is 3.84. The van der Waals surface area contributed by atoms with E-state index in [1.807, 2.05) is 0 Å². The second-order valence-corrected chi connectivity index (χ2v) is 4.77. The van der Waals surface area contributed by atoms with Gasteiger partial charge in [0.2, 0.25) is 0 Å². The molecule has 18 heavy (non-hydrogen) atoms. The molecule has 0 aliphatic rings. The van der Waals surface area contributed by atoms with Gasteiger partial charge in [-0.25, -0.2) is 0 Å². The molecule has 0 saturated heterocycles. The Balaban J connectivity index is 2.39. The Kier molecular flexibility index (Phi) is 7.49. The van der Waals surface area contributed by atoms with Crippen molar-refractivity contribution in [1.29, 1.82) is 0 Å². The van der Waals surface area contributed by atoms with Gasteiger partial charge in [-0.05, 0) is 31.0 Å². The zero-order valence-electron chi connectivity index (χ0n) is 10.7. The first-order valence-corrected chi connectivity index (χ1v) is 7.26. The lowest BCUT2D eigenvalue weighted by molar-refractivity contribution is 0.112. The zero-order chi connectivity index (χ0) is 13.2. The largest absolute Gasteiger partial charge is 0.493 e. The van der Waals surface area contributed by atoms with Crippen molar-refractivity contribution in [3.8, 4) is 11.5 Å². The van der Waals surface area contributed by atoms with Gasteiger partial charge in [0.25, 0.3) is 0 Å². The highest BCUT2D eigenvalue weighted by Gasteiger charge is 2.05. The third kappa shape index (κ3) is 5.08. The lowest BCUT2D eigenvalue weighted by Crippen LogP contribution is -2.00. The van der Waals surface area contributed by atoms with Gasteiger partial charge in [0.1, 0.15) is 6.29 Å². The number of ether oxygens (including phenoxy) is 2. The van der Waals surface area contributed by atoms with Crippen molar-refractivity contribution in [2.24, 2.45) is 0 Å². The van der Waals surface area contributed by atoms with Crippen LogP contribution in [0.25, 0.3) is 0 Å². The van der Waals surface area contributed by atoms with Crippen molar-refractivity contribution < 1.29 is 14.3 Å². The molecule has 0 aliphatic carbocycles. The van der Waals surface area contributed by atoms with Gasteiger partial charge < -0.3 is 9.47 Å². The number of rotatable bonds is 9. The summed E-state index contributed by atoms with van der Waals surface area (Å²) >= 11 is 3.41. The summed E-state index contributed by atoms with van der Waals surface area (Å²) in [6.07, 6.45) is 5.42. The standard InChI is InChI=1S/C14H19BrO3/c1-17-14-10-12(11-16)6-7-13(14)18-9-5-3-2-4-8-15/h6-7,10-11H,2-5,8-9H2,1H3. The maximum Gasteiger partial charge on any atom is 0.161 e. The maximum atomic E-state index is 10.6. The molecule has 0 N–H and O–H groups in total. The molecular formula is C14H19BrO3. The smallest absolute Gasteiger partial charge is 0.161 e. The van der Waals surface area contributed by atoms with Gasteiger partial charge in [-0.2, -0.15) is 0 Å². The number of carbonyl (C=O) groups is 1. The molecule has 4 heteroatoms. The Morgan fingerprint density at radius 2 is 1.94 bits per heavy atom. The molecule has 0 radical (unpaired) electrons. The number of halogens is 1. The van der Waals surface area contributed by atoms with Crippen LogP contribution >= 0.6 is 15.9 Å². The van der Waals surface area contributed by atoms with Crippen LogP contribution in [-0.2, 0) is 0 Å². The number of unbranched alkanes of at least 4 members (excludes halogenated alkanes) is 3. The quantitative estimate of drug-likeness (QED) is 0.394. The van der Waals surface area contributed by atoms with Crippen LogP contribution < -0.4 is 9.47 Å². The molecule has 0 aliphatic heterocycles. The summed E-state index contributed by atoms with van der Waals surface area (Å²) in [5, 5.41) is 1.06. The Morgan fingerprint density at radius 3 is 2.61 bits per heavy atom. The lowest BCUT2D eigenvalue weighted by atomic mass is 10.2. The van der Waals surface area contributed by atoms with Gasteiger partial charge in [-0.3, -0.25) is 4.79 Å². The Bertz CT molecular complexity index is 366. The van der Waals surface area contributed by atoms with Crippen molar-refractivity contribution in [1.82, 2.24) is 0 Å². The molecular weight excluding hydrogens is 296 g/mol. The second kappa shape index (κ2) is 8.97. The fourth-order valence-corrected chi connectivity index (χ4v) is 2.01. The topological polar surface area (TPSA) is 35.5 Å². The molecule has 0 atom stereocenters. The van der Waals surface area contributed by atoms with Crippen LogP contribution in [0.5, 0.6) is 11.5 Å². The first kappa shape index (κ1) is 15.0. The van der Waals surface area contributed by atoms with Gasteiger partial charge in [0.05, 0.1) is 13.7 Å². The number of aldehydes is 1. The summed E-state index contributed by atoms with van der Waals surface area (Å²) in [6.45, 7) is 0.680. The van der Waals surface area contributed by atoms with Crippen molar-refractivity contribution in [2.75, 3.05) is 19.0 Å². The van der Waals surface area contributed by atoms with E-state index in [0.29, 0.717) is 23.7 Å². The highest BCUT2D eigenvalue weighted by Crippen LogP contribution is 2.27. The van der Waals surface area contributed by atoms with E-state index < -0.39 is 0 Å². The minimum absolute atomic E-state index is 0.594. The van der Waals surface area contributed by atoms with E-state index in [1.54, 1.807) is 25.3 Å². The maximum absolute atomic E-state index is 10.6. The Labute approximate surface area is 117 Å². The van der Waals surface area contributed by atoms with Gasteiger partial charge in [0, 0.05) is 10.9 Å². The van der Waals surface area contributed by atoms with E-state index in [0.717, 1.165) is 18.0 Å². The highest BCUT2D eigenvalue weighted by molar-refractivity contribution is 9.09. The van der Waals surface area contributed by atoms with Crippen LogP contribution in [-0.4, -0.2) is 25.3 Å². The van der Waals surface area contributed by atoms with Crippen LogP contribution in [0.15, 0.2) is 18.2 Å². The van der Waals surface area contributed by atoms with Crippen LogP contribution in [0.3, 0.4) is 0 Å². The molecule has 1 aromatic rings. The molecule has 0 bridgehead atoms. The van der Waals surface area contributed by atoms with Gasteiger partial charge in [-0.1, -0.05) is 28.8 Å². The molecule has 0 amide bonds. The SMILES string of the molecule is COc1cc(C=O)ccc1OCCCCCCBr. The molecule has 0 heterocycles. The van der Waals surface area contributed by atoms with E-state index in [9.17, 15) is 4.79 Å². The summed E-state index contributed by atoms with van der Waals surface area (Å²) in [4.78, 5) is 10.6. The lowest BCUT2D eigenvalue weighted by Gasteiger charge is -2.10. The molecule has 100 valence electrons. The molecule has 0 spiro atoms. The highest BCUT2D eigenvalue weighted by atomic mass is 79.9. The van der Waals surface area contributed by atoms with Crippen LogP contribution in [0.1, 0.15) is 36.0 Å². The van der Waals surface area contributed by atoms with Crippen molar-refractivity contribution in [2.45, 2.75) is 25.7 Å². The summed E-state index contributed by atoms with van der Waals surface area (Å²) < 4.78 is 10.8. The Morgan fingerprint density at radius 1 is 1.17 bits per heavy atom. The number of benzene rings is 1. The number of hydrogen-bond acceptors (Lipinski definition) is 3. The monoisotopic (exact) mass is 314 g/mol. The molecule has 1 aromatic carbocycles. The van der Waals surface area contributed by atoms with E-state index in [4.69, 9.17) is 9.47 Å². The molecule has 0 unspecified atom stereocenters.